The normalized spacial score (nSPS) is 11.7. The second-order valence-electron chi connectivity index (χ2n) is 9.55. The third-order valence-electron chi connectivity index (χ3n) is 6.59. The van der Waals surface area contributed by atoms with Gasteiger partial charge in [-0.05, 0) is 61.9 Å². The van der Waals surface area contributed by atoms with Crippen molar-refractivity contribution >= 4 is 34.2 Å². The molecule has 40 heavy (non-hydrogen) atoms. The fraction of sp³-hybridized carbons (Fsp3) is 0.129. The monoisotopic (exact) mass is 532 g/mol. The van der Waals surface area contributed by atoms with Gasteiger partial charge in [-0.25, -0.2) is 9.78 Å². The average Bonchev–Trinajstić information content (AvgIpc) is 3.39. The number of fused-ring (bicyclic) bond motifs is 1. The number of amides is 1. The maximum Gasteiger partial charge on any atom is 0.337 e. The van der Waals surface area contributed by atoms with Crippen molar-refractivity contribution in [3.63, 3.8) is 0 Å². The molecule has 0 radical (unpaired) electrons. The Morgan fingerprint density at radius 1 is 1.02 bits per heavy atom. The molecule has 0 aliphatic carbocycles. The molecule has 5 rings (SSSR count). The van der Waals surface area contributed by atoms with E-state index in [9.17, 15) is 14.7 Å². The molecule has 9 nitrogen and oxygen atoms in total. The number of pyridine rings is 2. The molecule has 0 aliphatic rings. The van der Waals surface area contributed by atoms with Gasteiger partial charge in [-0.3, -0.25) is 14.5 Å². The van der Waals surface area contributed by atoms with Crippen LogP contribution in [0.1, 0.15) is 34.5 Å². The molecule has 0 fully saturated rings. The summed E-state index contributed by atoms with van der Waals surface area (Å²) in [4.78, 5) is 33.8. The van der Waals surface area contributed by atoms with Crippen molar-refractivity contribution in [2.45, 2.75) is 19.9 Å². The summed E-state index contributed by atoms with van der Waals surface area (Å²) >= 11 is 0. The lowest BCUT2D eigenvalue weighted by molar-refractivity contribution is -0.111. The summed E-state index contributed by atoms with van der Waals surface area (Å²) in [5, 5.41) is 20.9. The van der Waals surface area contributed by atoms with Gasteiger partial charge in [-0.15, -0.1) is 0 Å². The van der Waals surface area contributed by atoms with E-state index in [0.717, 1.165) is 33.3 Å². The molecule has 0 bridgehead atoms. The Hall–Kier alpha value is -5.31. The molecule has 0 aliphatic heterocycles. The van der Waals surface area contributed by atoms with Crippen LogP contribution in [0.25, 0.3) is 33.4 Å². The van der Waals surface area contributed by atoms with Crippen LogP contribution in [-0.4, -0.2) is 36.7 Å². The van der Waals surface area contributed by atoms with Gasteiger partial charge in [-0.2, -0.15) is 5.10 Å². The number of rotatable bonds is 8. The Kier molecular flexibility index (Phi) is 7.11. The number of carbonyl (C=O) groups is 2. The van der Waals surface area contributed by atoms with Crippen LogP contribution in [-0.2, 0) is 11.8 Å². The van der Waals surface area contributed by atoms with Gasteiger partial charge in [0.2, 0.25) is 5.91 Å². The number of nitrogens with one attached hydrogen (secondary N) is 2. The van der Waals surface area contributed by atoms with Crippen LogP contribution in [0.4, 0.5) is 11.4 Å². The summed E-state index contributed by atoms with van der Waals surface area (Å²) < 4.78 is 1.72. The largest absolute Gasteiger partial charge is 0.478 e. The maximum atomic E-state index is 12.4. The molecule has 9 heteroatoms. The molecule has 1 atom stereocenters. The van der Waals surface area contributed by atoms with Crippen LogP contribution >= 0.6 is 0 Å². The number of carboxylic acids is 1. The fourth-order valence-electron chi connectivity index (χ4n) is 4.65. The van der Waals surface area contributed by atoms with Gasteiger partial charge in [0.25, 0.3) is 0 Å². The highest BCUT2D eigenvalue weighted by molar-refractivity contribution is 6.07. The highest BCUT2D eigenvalue weighted by Gasteiger charge is 2.19. The third-order valence-corrected chi connectivity index (χ3v) is 6.59. The number of carbonyl (C=O) groups excluding carboxylic acids is 1. The lowest BCUT2D eigenvalue weighted by Crippen LogP contribution is -2.13. The van der Waals surface area contributed by atoms with Gasteiger partial charge in [0.1, 0.15) is 0 Å². The summed E-state index contributed by atoms with van der Waals surface area (Å²) in [7, 11) is 1.85. The van der Waals surface area contributed by atoms with Crippen molar-refractivity contribution in [1.82, 2.24) is 19.7 Å². The number of anilines is 2. The zero-order valence-electron chi connectivity index (χ0n) is 22.3. The Balaban J connectivity index is 1.63. The van der Waals surface area contributed by atoms with E-state index >= 15 is 0 Å². The summed E-state index contributed by atoms with van der Waals surface area (Å²) in [5.74, 6) is -1.35. The van der Waals surface area contributed by atoms with Gasteiger partial charge < -0.3 is 15.7 Å². The number of hydrogen-bond acceptors (Lipinski definition) is 6. The highest BCUT2D eigenvalue weighted by Crippen LogP contribution is 2.35. The van der Waals surface area contributed by atoms with E-state index in [1.165, 1.54) is 6.08 Å². The van der Waals surface area contributed by atoms with Gasteiger partial charge >= 0.3 is 5.97 Å². The van der Waals surface area contributed by atoms with Crippen LogP contribution in [0.3, 0.4) is 0 Å². The molecule has 1 unspecified atom stereocenters. The zero-order valence-corrected chi connectivity index (χ0v) is 22.3. The van der Waals surface area contributed by atoms with Crippen molar-refractivity contribution in [2.75, 3.05) is 10.6 Å². The van der Waals surface area contributed by atoms with Crippen molar-refractivity contribution in [3.05, 3.63) is 103 Å². The van der Waals surface area contributed by atoms with Crippen molar-refractivity contribution in [1.29, 1.82) is 0 Å². The van der Waals surface area contributed by atoms with E-state index < -0.39 is 5.97 Å². The van der Waals surface area contributed by atoms with Crippen molar-refractivity contribution in [2.24, 2.45) is 7.05 Å². The first-order valence-corrected chi connectivity index (χ1v) is 12.7. The molecule has 2 aromatic carbocycles. The molecule has 200 valence electrons. The molecule has 0 saturated carbocycles. The summed E-state index contributed by atoms with van der Waals surface area (Å²) in [6.45, 7) is 7.51. The van der Waals surface area contributed by atoms with Crippen LogP contribution in [0.2, 0.25) is 0 Å². The van der Waals surface area contributed by atoms with Crippen LogP contribution in [0, 0.1) is 6.92 Å². The second kappa shape index (κ2) is 10.8. The zero-order chi connectivity index (χ0) is 28.4. The summed E-state index contributed by atoms with van der Waals surface area (Å²) in [5.41, 5.74) is 6.84. The van der Waals surface area contributed by atoms with Gasteiger partial charge in [-0.1, -0.05) is 24.8 Å². The number of aryl methyl sites for hydroxylation is 2. The van der Waals surface area contributed by atoms with Gasteiger partial charge in [0, 0.05) is 47.2 Å². The predicted octanol–water partition coefficient (Wildman–Crippen LogP) is 6.00. The quantitative estimate of drug-likeness (QED) is 0.210. The molecular formula is C31H28N6O3. The van der Waals surface area contributed by atoms with Crippen molar-refractivity contribution < 1.29 is 14.7 Å². The standard InChI is InChI=1S/C31H28N6O3/c1-5-29(38)35-28-14-27(20-10-11-25(32-15-20)21-16-33-37(4)17-21)36-30-23(12-18(2)13-24(28)30)19(3)34-26-9-7-6-8-22(26)31(39)40/h5-17,19,34H,1H2,2-4H3,(H,39,40)(H,35,36,38). The molecule has 1 amide bonds. The fourth-order valence-corrected chi connectivity index (χ4v) is 4.65. The van der Waals surface area contributed by atoms with E-state index in [-0.39, 0.29) is 17.5 Å². The predicted molar refractivity (Wildman–Crippen MR) is 156 cm³/mol. The Morgan fingerprint density at radius 3 is 2.50 bits per heavy atom. The average molecular weight is 533 g/mol. The molecule has 3 N–H and O–H groups in total. The first kappa shape index (κ1) is 26.3. The number of aromatic carboxylic acids is 1. The number of carboxylic acid groups (broad SMARTS) is 1. The molecule has 0 saturated heterocycles. The third kappa shape index (κ3) is 5.30. The van der Waals surface area contributed by atoms with Crippen LogP contribution in [0.15, 0.2) is 85.8 Å². The molecule has 3 aromatic heterocycles. The number of benzene rings is 2. The lowest BCUT2D eigenvalue weighted by atomic mass is 9.98. The smallest absolute Gasteiger partial charge is 0.337 e. The Morgan fingerprint density at radius 2 is 1.82 bits per heavy atom. The molecule has 3 heterocycles. The lowest BCUT2D eigenvalue weighted by Gasteiger charge is -2.21. The Labute approximate surface area is 231 Å². The van der Waals surface area contributed by atoms with Gasteiger partial charge in [0.15, 0.2) is 0 Å². The first-order chi connectivity index (χ1) is 19.2. The van der Waals surface area contributed by atoms with Crippen LogP contribution in [0.5, 0.6) is 0 Å². The Bertz CT molecular complexity index is 1760. The molecule has 5 aromatic rings. The molecular weight excluding hydrogens is 504 g/mol. The topological polar surface area (TPSA) is 122 Å². The first-order valence-electron chi connectivity index (χ1n) is 12.7. The second-order valence-corrected chi connectivity index (χ2v) is 9.55. The van der Waals surface area contributed by atoms with E-state index in [1.54, 1.807) is 41.3 Å². The maximum absolute atomic E-state index is 12.4. The van der Waals surface area contributed by atoms with E-state index in [2.05, 4.69) is 27.3 Å². The minimum atomic E-state index is -1.01. The van der Waals surface area contributed by atoms with Gasteiger partial charge in [0.05, 0.1) is 40.4 Å². The summed E-state index contributed by atoms with van der Waals surface area (Å²) in [6.07, 6.45) is 6.61. The summed E-state index contributed by atoms with van der Waals surface area (Å²) in [6, 6.07) is 16.1. The highest BCUT2D eigenvalue weighted by atomic mass is 16.4. The number of para-hydroxylation sites is 1. The minimum Gasteiger partial charge on any atom is -0.478 e. The number of nitrogens with zero attached hydrogens (tertiary/aromatic N) is 4. The van der Waals surface area contributed by atoms with E-state index in [1.807, 2.05) is 57.4 Å². The van der Waals surface area contributed by atoms with Crippen molar-refractivity contribution in [3.8, 4) is 22.5 Å². The molecule has 0 spiro atoms. The number of aromatic nitrogens is 4. The minimum absolute atomic E-state index is 0.179. The van der Waals surface area contributed by atoms with Crippen LogP contribution < -0.4 is 10.6 Å². The SMILES string of the molecule is C=CC(=O)Nc1cc(-c2ccc(-c3cnn(C)c3)nc2)nc2c(C(C)Nc3ccccc3C(=O)O)cc(C)cc12. The van der Waals surface area contributed by atoms with E-state index in [0.29, 0.717) is 22.6 Å². The number of hydrogen-bond donors (Lipinski definition) is 3. The van der Waals surface area contributed by atoms with E-state index in [4.69, 9.17) is 4.98 Å².